The Morgan fingerprint density at radius 3 is 2.43 bits per heavy atom. The van der Waals surface area contributed by atoms with Crippen LogP contribution in [0.2, 0.25) is 0 Å². The minimum absolute atomic E-state index is 0.121. The first-order chi connectivity index (χ1) is 10.5. The third kappa shape index (κ3) is 9.81. The first kappa shape index (κ1) is 21.3. The quantitative estimate of drug-likeness (QED) is 0.503. The number of nitrogens with one attached hydrogen (secondary N) is 1. The zero-order valence-electron chi connectivity index (χ0n) is 15.6. The predicted octanol–water partition coefficient (Wildman–Crippen LogP) is 3.24. The molecular formula is C17H34N4O2. The minimum Gasteiger partial charge on any atom is -0.444 e. The number of amides is 1. The van der Waals surface area contributed by atoms with Crippen LogP contribution in [0, 0.1) is 0 Å². The van der Waals surface area contributed by atoms with Crippen molar-refractivity contribution >= 4 is 12.4 Å². The average molecular weight is 326 g/mol. The van der Waals surface area contributed by atoms with Crippen LogP contribution < -0.4 is 11.1 Å². The molecule has 23 heavy (non-hydrogen) atoms. The number of hydrogen-bond donors (Lipinski definition) is 2. The van der Waals surface area contributed by atoms with Gasteiger partial charge in [0.1, 0.15) is 11.4 Å². The van der Waals surface area contributed by atoms with E-state index in [4.69, 9.17) is 10.5 Å². The van der Waals surface area contributed by atoms with E-state index in [9.17, 15) is 4.79 Å². The largest absolute Gasteiger partial charge is 0.444 e. The Bertz CT molecular complexity index is 415. The lowest BCUT2D eigenvalue weighted by molar-refractivity contribution is 0.0518. The van der Waals surface area contributed by atoms with Crippen LogP contribution in [0.3, 0.4) is 0 Å². The topological polar surface area (TPSA) is 80.0 Å². The molecule has 0 rings (SSSR count). The second kappa shape index (κ2) is 9.43. The minimum atomic E-state index is -0.486. The zero-order valence-corrected chi connectivity index (χ0v) is 15.6. The van der Waals surface area contributed by atoms with E-state index in [0.717, 1.165) is 25.7 Å². The Morgan fingerprint density at radius 2 is 1.96 bits per heavy atom. The van der Waals surface area contributed by atoms with Gasteiger partial charge < -0.3 is 20.7 Å². The first-order valence-corrected chi connectivity index (χ1v) is 8.18. The summed E-state index contributed by atoms with van der Waals surface area (Å²) in [6, 6.07) is 0. The number of carbonyl (C=O) groups excluding carboxylic acids is 1. The number of nitrogens with zero attached hydrogens (tertiary/aromatic N) is 2. The Hall–Kier alpha value is -1.72. The van der Waals surface area contributed by atoms with Crippen molar-refractivity contribution in [1.29, 1.82) is 0 Å². The van der Waals surface area contributed by atoms with E-state index < -0.39 is 5.60 Å². The van der Waals surface area contributed by atoms with Crippen LogP contribution in [0.4, 0.5) is 4.79 Å². The van der Waals surface area contributed by atoms with Gasteiger partial charge in [0.15, 0.2) is 0 Å². The highest BCUT2D eigenvalue weighted by Crippen LogP contribution is 2.23. The van der Waals surface area contributed by atoms with E-state index in [1.165, 1.54) is 0 Å². The molecule has 0 aliphatic heterocycles. The van der Waals surface area contributed by atoms with Crippen molar-refractivity contribution in [2.75, 3.05) is 13.6 Å². The van der Waals surface area contributed by atoms with Crippen molar-refractivity contribution in [2.24, 2.45) is 10.7 Å². The van der Waals surface area contributed by atoms with E-state index in [0.29, 0.717) is 6.54 Å². The molecule has 3 N–H and O–H groups in total. The molecule has 0 aliphatic rings. The highest BCUT2D eigenvalue weighted by molar-refractivity contribution is 5.67. The summed E-state index contributed by atoms with van der Waals surface area (Å²) in [5.74, 6) is 0.279. The summed E-state index contributed by atoms with van der Waals surface area (Å²) >= 11 is 0. The average Bonchev–Trinajstić information content (AvgIpc) is 2.40. The number of carbonyl (C=O) groups is 1. The molecule has 0 aromatic rings. The van der Waals surface area contributed by atoms with Gasteiger partial charge in [-0.3, -0.25) is 0 Å². The Morgan fingerprint density at radius 1 is 1.35 bits per heavy atom. The molecule has 1 unspecified atom stereocenters. The third-order valence-electron chi connectivity index (χ3n) is 3.65. The lowest BCUT2D eigenvalue weighted by Gasteiger charge is -2.38. The van der Waals surface area contributed by atoms with Gasteiger partial charge in [-0.05, 0) is 40.5 Å². The highest BCUT2D eigenvalue weighted by atomic mass is 16.6. The molecule has 0 saturated heterocycles. The van der Waals surface area contributed by atoms with Gasteiger partial charge in [-0.2, -0.15) is 0 Å². The van der Waals surface area contributed by atoms with Crippen molar-refractivity contribution in [2.45, 2.75) is 71.4 Å². The van der Waals surface area contributed by atoms with Gasteiger partial charge in [0.2, 0.25) is 0 Å². The number of rotatable bonds is 9. The molecule has 0 aromatic carbocycles. The van der Waals surface area contributed by atoms with Crippen LogP contribution in [0.25, 0.3) is 0 Å². The van der Waals surface area contributed by atoms with Crippen molar-refractivity contribution < 1.29 is 9.53 Å². The zero-order chi connectivity index (χ0) is 18.1. The molecule has 1 atom stereocenters. The third-order valence-corrected chi connectivity index (χ3v) is 3.65. The van der Waals surface area contributed by atoms with Crippen molar-refractivity contribution in [3.63, 3.8) is 0 Å². The van der Waals surface area contributed by atoms with Crippen LogP contribution in [0.5, 0.6) is 0 Å². The van der Waals surface area contributed by atoms with Crippen LogP contribution in [0.15, 0.2) is 17.4 Å². The van der Waals surface area contributed by atoms with E-state index in [1.807, 2.05) is 32.7 Å². The lowest BCUT2D eigenvalue weighted by atomic mass is 9.90. The highest BCUT2D eigenvalue weighted by Gasteiger charge is 2.27. The fraction of sp³-hybridized carbons (Fsp3) is 0.765. The van der Waals surface area contributed by atoms with Crippen LogP contribution in [0.1, 0.15) is 60.3 Å². The summed E-state index contributed by atoms with van der Waals surface area (Å²) in [6.07, 6.45) is 5.31. The molecule has 134 valence electrons. The summed E-state index contributed by atoms with van der Waals surface area (Å²) in [6.45, 7) is 14.0. The molecule has 0 fully saturated rings. The molecule has 0 aliphatic carbocycles. The van der Waals surface area contributed by atoms with E-state index in [2.05, 4.69) is 30.7 Å². The molecule has 0 radical (unpaired) electrons. The normalized spacial score (nSPS) is 14.3. The monoisotopic (exact) mass is 326 g/mol. The maximum Gasteiger partial charge on any atom is 0.407 e. The lowest BCUT2D eigenvalue weighted by Crippen LogP contribution is -2.46. The van der Waals surface area contributed by atoms with Crippen molar-refractivity contribution in [3.05, 3.63) is 12.4 Å². The molecule has 1 amide bonds. The molecule has 0 aromatic heterocycles. The van der Waals surface area contributed by atoms with Gasteiger partial charge >= 0.3 is 6.09 Å². The van der Waals surface area contributed by atoms with Gasteiger partial charge in [-0.1, -0.05) is 26.3 Å². The van der Waals surface area contributed by atoms with Gasteiger partial charge in [-0.25, -0.2) is 9.79 Å². The Labute approximate surface area is 141 Å². The Balaban J connectivity index is 4.65. The summed E-state index contributed by atoms with van der Waals surface area (Å²) in [4.78, 5) is 17.8. The number of alkyl carbamates (subject to hydrolysis) is 1. The second-order valence-corrected chi connectivity index (χ2v) is 7.13. The number of unbranched alkanes of at least 4 members (excludes halogenated alkanes) is 1. The maximum atomic E-state index is 11.7. The van der Waals surface area contributed by atoms with E-state index in [1.54, 1.807) is 6.34 Å². The van der Waals surface area contributed by atoms with Crippen molar-refractivity contribution in [1.82, 2.24) is 10.2 Å². The van der Waals surface area contributed by atoms with Gasteiger partial charge in [0.25, 0.3) is 0 Å². The Kier molecular flexibility index (Phi) is 8.72. The maximum absolute atomic E-state index is 11.7. The fourth-order valence-corrected chi connectivity index (χ4v) is 2.08. The standard InChI is InChI=1S/C17H34N4O2/c1-8-9-10-17(6,21(7)13-20-14(2)18)11-12-19-15(22)23-16(3,4)5/h13H,2,8-12,18H2,1,3-7H3,(H,19,22). The van der Waals surface area contributed by atoms with Crippen molar-refractivity contribution in [3.8, 4) is 0 Å². The summed E-state index contributed by atoms with van der Waals surface area (Å²) in [7, 11) is 1.97. The smallest absolute Gasteiger partial charge is 0.407 e. The number of aliphatic imine (C=N–C) groups is 1. The molecule has 6 nitrogen and oxygen atoms in total. The van der Waals surface area contributed by atoms with E-state index in [-0.39, 0.29) is 17.5 Å². The van der Waals surface area contributed by atoms with Crippen LogP contribution in [-0.4, -0.2) is 42.1 Å². The molecule has 0 bridgehead atoms. The molecule has 6 heteroatoms. The second-order valence-electron chi connectivity index (χ2n) is 7.13. The van der Waals surface area contributed by atoms with Gasteiger partial charge in [-0.15, -0.1) is 0 Å². The van der Waals surface area contributed by atoms with Gasteiger partial charge in [0, 0.05) is 19.1 Å². The number of hydrogen-bond acceptors (Lipinski definition) is 4. The fourth-order valence-electron chi connectivity index (χ4n) is 2.08. The molecule has 0 spiro atoms. The van der Waals surface area contributed by atoms with E-state index >= 15 is 0 Å². The first-order valence-electron chi connectivity index (χ1n) is 8.18. The molecule has 0 saturated carbocycles. The number of nitrogens with two attached hydrogens (primary N) is 1. The summed E-state index contributed by atoms with van der Waals surface area (Å²) < 4.78 is 5.25. The SMILES string of the molecule is C=C(N)N=CN(C)C(C)(CCCC)CCNC(=O)OC(C)(C)C. The molecule has 0 heterocycles. The molecular weight excluding hydrogens is 292 g/mol. The van der Waals surface area contributed by atoms with Crippen LogP contribution in [-0.2, 0) is 4.74 Å². The summed E-state index contributed by atoms with van der Waals surface area (Å²) in [5.41, 5.74) is 4.88. The van der Waals surface area contributed by atoms with Crippen LogP contribution >= 0.6 is 0 Å². The van der Waals surface area contributed by atoms with Gasteiger partial charge in [0.05, 0.1) is 6.34 Å². The predicted molar refractivity (Wildman–Crippen MR) is 96.4 cm³/mol. The summed E-state index contributed by atoms with van der Waals surface area (Å²) in [5, 5.41) is 2.82. The number of ether oxygens (including phenoxy) is 1.